The number of hydrogen-bond acceptors (Lipinski definition) is 7. The maximum Gasteiger partial charge on any atom is 0.257 e. The van der Waals surface area contributed by atoms with E-state index in [2.05, 4.69) is 27.0 Å². The molecule has 2 heterocycles. The fraction of sp³-hybridized carbons (Fsp3) is 0.130. The highest BCUT2D eigenvalue weighted by Gasteiger charge is 2.23. The van der Waals surface area contributed by atoms with Crippen molar-refractivity contribution >= 4 is 40.1 Å². The third-order valence-electron chi connectivity index (χ3n) is 4.84. The maximum atomic E-state index is 12.8. The van der Waals surface area contributed by atoms with E-state index in [4.69, 9.17) is 15.2 Å². The minimum Gasteiger partial charge on any atom is -0.493 e. The first-order chi connectivity index (χ1) is 15.6. The number of benzene rings is 2. The first kappa shape index (κ1) is 20.9. The summed E-state index contributed by atoms with van der Waals surface area (Å²) < 4.78 is 12.0. The maximum absolute atomic E-state index is 12.8. The molecule has 0 atom stereocenters. The standard InChI is InChI=1S/C23H22N6O3/c1-4-11-25-23(30)19-20-22(28-16-8-6-5-7-15(16)27-20)29(21(19)24)26-13-14-9-10-17(31-2)18(12-14)32-3/h4-10,12-13H,1,11,24H2,2-3H3,(H,25,30)/b26-13-. The van der Waals surface area contributed by atoms with E-state index in [1.807, 2.05) is 30.3 Å². The topological polar surface area (TPSA) is 117 Å². The van der Waals surface area contributed by atoms with Gasteiger partial charge in [-0.15, -0.1) is 6.58 Å². The molecule has 1 amide bonds. The summed E-state index contributed by atoms with van der Waals surface area (Å²) in [6.07, 6.45) is 3.18. The predicted octanol–water partition coefficient (Wildman–Crippen LogP) is 2.98. The molecule has 4 rings (SSSR count). The second-order valence-electron chi connectivity index (χ2n) is 6.81. The zero-order chi connectivity index (χ0) is 22.7. The number of fused-ring (bicyclic) bond motifs is 2. The van der Waals surface area contributed by atoms with Crippen LogP contribution in [0.5, 0.6) is 11.5 Å². The zero-order valence-electron chi connectivity index (χ0n) is 17.7. The normalized spacial score (nSPS) is 11.2. The third kappa shape index (κ3) is 3.71. The molecular weight excluding hydrogens is 408 g/mol. The molecule has 4 aromatic rings. The molecule has 0 aliphatic rings. The summed E-state index contributed by atoms with van der Waals surface area (Å²) in [5.74, 6) is 0.928. The molecule has 2 aromatic heterocycles. The zero-order valence-corrected chi connectivity index (χ0v) is 17.7. The molecule has 0 aliphatic carbocycles. The molecule has 2 aromatic carbocycles. The number of carbonyl (C=O) groups is 1. The number of aromatic nitrogens is 3. The lowest BCUT2D eigenvalue weighted by molar-refractivity contribution is 0.0960. The van der Waals surface area contributed by atoms with Crippen LogP contribution in [0.4, 0.5) is 5.82 Å². The first-order valence-electron chi connectivity index (χ1n) is 9.79. The van der Waals surface area contributed by atoms with Gasteiger partial charge in [-0.05, 0) is 35.9 Å². The molecule has 0 bridgehead atoms. The van der Waals surface area contributed by atoms with Crippen LogP contribution in [0.2, 0.25) is 0 Å². The number of para-hydroxylation sites is 2. The average Bonchev–Trinajstić information content (AvgIpc) is 3.09. The Morgan fingerprint density at radius 3 is 2.56 bits per heavy atom. The fourth-order valence-corrected chi connectivity index (χ4v) is 3.30. The van der Waals surface area contributed by atoms with Gasteiger partial charge in [0.1, 0.15) is 16.9 Å². The number of rotatable bonds is 7. The first-order valence-corrected chi connectivity index (χ1v) is 9.79. The van der Waals surface area contributed by atoms with Crippen molar-refractivity contribution in [2.45, 2.75) is 0 Å². The number of nitrogen functional groups attached to an aromatic ring is 1. The number of methoxy groups -OCH3 is 2. The van der Waals surface area contributed by atoms with Crippen LogP contribution in [0.3, 0.4) is 0 Å². The van der Waals surface area contributed by atoms with Crippen molar-refractivity contribution in [1.29, 1.82) is 0 Å². The Balaban J connectivity index is 1.87. The summed E-state index contributed by atoms with van der Waals surface area (Å²) in [4.78, 5) is 22.1. The summed E-state index contributed by atoms with van der Waals surface area (Å²) in [5, 5.41) is 7.24. The van der Waals surface area contributed by atoms with Crippen LogP contribution in [0.1, 0.15) is 15.9 Å². The predicted molar refractivity (Wildman–Crippen MR) is 125 cm³/mol. The number of anilines is 1. The Morgan fingerprint density at radius 2 is 1.88 bits per heavy atom. The van der Waals surface area contributed by atoms with Crippen LogP contribution in [0.15, 0.2) is 60.2 Å². The molecule has 0 spiro atoms. The van der Waals surface area contributed by atoms with Gasteiger partial charge in [0.2, 0.25) is 0 Å². The van der Waals surface area contributed by atoms with E-state index in [0.717, 1.165) is 5.56 Å². The highest BCUT2D eigenvalue weighted by atomic mass is 16.5. The van der Waals surface area contributed by atoms with Gasteiger partial charge in [0.15, 0.2) is 17.1 Å². The number of nitrogens with two attached hydrogens (primary N) is 1. The summed E-state index contributed by atoms with van der Waals surface area (Å²) in [6.45, 7) is 3.92. The molecule has 0 fully saturated rings. The Morgan fingerprint density at radius 1 is 1.16 bits per heavy atom. The van der Waals surface area contributed by atoms with Gasteiger partial charge in [0.25, 0.3) is 5.91 Å². The van der Waals surface area contributed by atoms with Crippen molar-refractivity contribution in [2.75, 3.05) is 26.5 Å². The van der Waals surface area contributed by atoms with E-state index in [1.165, 1.54) is 4.68 Å². The van der Waals surface area contributed by atoms with E-state index < -0.39 is 0 Å². The van der Waals surface area contributed by atoms with E-state index >= 15 is 0 Å². The van der Waals surface area contributed by atoms with Crippen molar-refractivity contribution in [3.05, 3.63) is 66.2 Å². The lowest BCUT2D eigenvalue weighted by Gasteiger charge is -2.07. The van der Waals surface area contributed by atoms with Crippen LogP contribution in [-0.2, 0) is 0 Å². The second kappa shape index (κ2) is 8.76. The molecule has 0 radical (unpaired) electrons. The quantitative estimate of drug-likeness (QED) is 0.344. The van der Waals surface area contributed by atoms with E-state index in [0.29, 0.717) is 40.2 Å². The van der Waals surface area contributed by atoms with Crippen molar-refractivity contribution in [2.24, 2.45) is 5.10 Å². The monoisotopic (exact) mass is 430 g/mol. The van der Waals surface area contributed by atoms with Gasteiger partial charge >= 0.3 is 0 Å². The summed E-state index contributed by atoms with van der Waals surface area (Å²) in [6, 6.07) is 12.8. The summed E-state index contributed by atoms with van der Waals surface area (Å²) in [5.41, 5.74) is 9.37. The number of hydrogen-bond donors (Lipinski definition) is 2. The van der Waals surface area contributed by atoms with Crippen molar-refractivity contribution < 1.29 is 14.3 Å². The molecule has 0 saturated carbocycles. The van der Waals surface area contributed by atoms with Crippen LogP contribution in [-0.4, -0.2) is 47.5 Å². The van der Waals surface area contributed by atoms with Gasteiger partial charge in [-0.25, -0.2) is 9.97 Å². The summed E-state index contributed by atoms with van der Waals surface area (Å²) in [7, 11) is 3.13. The molecular formula is C23H22N6O3. The Bertz CT molecular complexity index is 1360. The third-order valence-corrected chi connectivity index (χ3v) is 4.84. The van der Waals surface area contributed by atoms with Gasteiger partial charge in [0, 0.05) is 6.54 Å². The molecule has 0 aliphatic heterocycles. The molecule has 9 nitrogen and oxygen atoms in total. The van der Waals surface area contributed by atoms with E-state index in [9.17, 15) is 4.79 Å². The second-order valence-corrected chi connectivity index (χ2v) is 6.81. The van der Waals surface area contributed by atoms with Crippen molar-refractivity contribution in [3.8, 4) is 11.5 Å². The van der Waals surface area contributed by atoms with Crippen LogP contribution in [0, 0.1) is 0 Å². The number of carbonyl (C=O) groups excluding carboxylic acids is 1. The van der Waals surface area contributed by atoms with Crippen molar-refractivity contribution in [3.63, 3.8) is 0 Å². The van der Waals surface area contributed by atoms with Gasteiger partial charge in [0.05, 0.1) is 31.5 Å². The molecule has 32 heavy (non-hydrogen) atoms. The Kier molecular flexibility index (Phi) is 5.71. The molecule has 9 heteroatoms. The highest BCUT2D eigenvalue weighted by molar-refractivity contribution is 6.10. The lowest BCUT2D eigenvalue weighted by atomic mass is 10.2. The smallest absolute Gasteiger partial charge is 0.257 e. The largest absolute Gasteiger partial charge is 0.493 e. The minimum absolute atomic E-state index is 0.133. The minimum atomic E-state index is -0.378. The van der Waals surface area contributed by atoms with Gasteiger partial charge in [-0.3, -0.25) is 4.79 Å². The van der Waals surface area contributed by atoms with Crippen LogP contribution < -0.4 is 20.5 Å². The number of amides is 1. The Labute approximate surface area is 184 Å². The summed E-state index contributed by atoms with van der Waals surface area (Å²) >= 11 is 0. The van der Waals surface area contributed by atoms with E-state index in [-0.39, 0.29) is 17.3 Å². The molecule has 0 saturated heterocycles. The van der Waals surface area contributed by atoms with E-state index in [1.54, 1.807) is 38.6 Å². The number of nitrogens with one attached hydrogen (secondary N) is 1. The lowest BCUT2D eigenvalue weighted by Crippen LogP contribution is -2.24. The SMILES string of the molecule is C=CCNC(=O)c1c(N)n(/N=C\c2ccc(OC)c(OC)c2)c2nc3ccccc3nc12. The van der Waals surface area contributed by atoms with Gasteiger partial charge in [-0.1, -0.05) is 18.2 Å². The molecule has 0 unspecified atom stereocenters. The fourth-order valence-electron chi connectivity index (χ4n) is 3.30. The number of ether oxygens (including phenoxy) is 2. The van der Waals surface area contributed by atoms with Crippen LogP contribution >= 0.6 is 0 Å². The van der Waals surface area contributed by atoms with Crippen molar-refractivity contribution in [1.82, 2.24) is 20.0 Å². The average molecular weight is 430 g/mol. The highest BCUT2D eigenvalue weighted by Crippen LogP contribution is 2.29. The molecule has 162 valence electrons. The number of nitrogens with zero attached hydrogens (tertiary/aromatic N) is 4. The Hall–Kier alpha value is -4.40. The van der Waals surface area contributed by atoms with Gasteiger partial charge < -0.3 is 20.5 Å². The van der Waals surface area contributed by atoms with Crippen LogP contribution in [0.25, 0.3) is 22.2 Å². The molecule has 3 N–H and O–H groups in total. The van der Waals surface area contributed by atoms with Gasteiger partial charge in [-0.2, -0.15) is 9.78 Å².